The zero-order chi connectivity index (χ0) is 20.0. The molecular formula is C22H13BrFN3OS. The predicted octanol–water partition coefficient (Wildman–Crippen LogP) is 5.91. The third kappa shape index (κ3) is 3.30. The molecule has 0 spiro atoms. The molecule has 4 nitrogen and oxygen atoms in total. The van der Waals surface area contributed by atoms with Crippen LogP contribution in [0.4, 0.5) is 4.39 Å². The van der Waals surface area contributed by atoms with Gasteiger partial charge in [0.15, 0.2) is 10.9 Å². The largest absolute Gasteiger partial charge is 0.293 e. The Morgan fingerprint density at radius 3 is 2.62 bits per heavy atom. The number of rotatable bonds is 4. The molecule has 29 heavy (non-hydrogen) atoms. The number of hydrogen-bond acceptors (Lipinski definition) is 4. The van der Waals surface area contributed by atoms with Crippen molar-refractivity contribution < 1.29 is 9.18 Å². The van der Waals surface area contributed by atoms with Crippen molar-refractivity contribution in [1.82, 2.24) is 14.4 Å². The first-order valence-electron chi connectivity index (χ1n) is 8.88. The zero-order valence-corrected chi connectivity index (χ0v) is 17.4. The average Bonchev–Trinajstić information content (AvgIpc) is 3.13. The van der Waals surface area contributed by atoms with E-state index in [2.05, 4.69) is 15.9 Å². The number of halogens is 2. The summed E-state index contributed by atoms with van der Waals surface area (Å²) in [4.78, 5) is 22.2. The number of Topliss-reactive ketones (excluding diaryl/α,β-unsaturated/α-hetero) is 1. The van der Waals surface area contributed by atoms with Gasteiger partial charge in [0.2, 0.25) is 0 Å². The van der Waals surface area contributed by atoms with Crippen molar-refractivity contribution in [2.75, 3.05) is 5.75 Å². The molecule has 0 aliphatic carbocycles. The van der Waals surface area contributed by atoms with Gasteiger partial charge >= 0.3 is 0 Å². The second kappa shape index (κ2) is 7.24. The Morgan fingerprint density at radius 2 is 1.79 bits per heavy atom. The molecule has 0 N–H and O–H groups in total. The second-order valence-corrected chi connectivity index (χ2v) is 8.39. The van der Waals surface area contributed by atoms with Gasteiger partial charge < -0.3 is 0 Å². The van der Waals surface area contributed by atoms with Crippen LogP contribution in [-0.4, -0.2) is 25.9 Å². The molecular weight excluding hydrogens is 453 g/mol. The van der Waals surface area contributed by atoms with Crippen molar-refractivity contribution in [1.29, 1.82) is 0 Å². The number of imidazole rings is 1. The first-order chi connectivity index (χ1) is 14.1. The van der Waals surface area contributed by atoms with E-state index in [1.807, 2.05) is 46.9 Å². The van der Waals surface area contributed by atoms with Crippen molar-refractivity contribution in [3.05, 3.63) is 82.6 Å². The normalized spacial score (nSPS) is 11.5. The van der Waals surface area contributed by atoms with E-state index < -0.39 is 0 Å². The summed E-state index contributed by atoms with van der Waals surface area (Å²) < 4.78 is 16.1. The van der Waals surface area contributed by atoms with Gasteiger partial charge in [-0.2, -0.15) is 0 Å². The number of fused-ring (bicyclic) bond motifs is 5. The maximum absolute atomic E-state index is 13.1. The van der Waals surface area contributed by atoms with Crippen LogP contribution in [-0.2, 0) is 0 Å². The van der Waals surface area contributed by atoms with E-state index >= 15 is 0 Å². The molecule has 0 bridgehead atoms. The van der Waals surface area contributed by atoms with E-state index in [1.165, 1.54) is 36.0 Å². The van der Waals surface area contributed by atoms with Crippen molar-refractivity contribution in [3.8, 4) is 0 Å². The highest BCUT2D eigenvalue weighted by Gasteiger charge is 2.16. The van der Waals surface area contributed by atoms with Crippen LogP contribution >= 0.6 is 27.7 Å². The third-order valence-electron chi connectivity index (χ3n) is 4.67. The number of benzene rings is 3. The molecule has 0 fully saturated rings. The maximum atomic E-state index is 13.1. The van der Waals surface area contributed by atoms with Crippen LogP contribution in [0.15, 0.2) is 76.4 Å². The van der Waals surface area contributed by atoms with Gasteiger partial charge in [-0.05, 0) is 54.6 Å². The van der Waals surface area contributed by atoms with Gasteiger partial charge in [0, 0.05) is 15.4 Å². The number of nitrogens with zero attached hydrogens (tertiary/aromatic N) is 3. The van der Waals surface area contributed by atoms with Gasteiger partial charge in [0.1, 0.15) is 11.5 Å². The fourth-order valence-electron chi connectivity index (χ4n) is 3.28. The van der Waals surface area contributed by atoms with Crippen LogP contribution in [0.5, 0.6) is 0 Å². The summed E-state index contributed by atoms with van der Waals surface area (Å²) in [5, 5.41) is 1.63. The van der Waals surface area contributed by atoms with E-state index in [4.69, 9.17) is 9.97 Å². The Labute approximate surface area is 177 Å². The highest BCUT2D eigenvalue weighted by Crippen LogP contribution is 2.30. The lowest BCUT2D eigenvalue weighted by atomic mass is 10.1. The first kappa shape index (κ1) is 18.3. The summed E-state index contributed by atoms with van der Waals surface area (Å²) >= 11 is 4.87. The lowest BCUT2D eigenvalue weighted by Crippen LogP contribution is -2.04. The standard InChI is InChI=1S/C22H13BrFN3OS/c23-14-7-10-17-16(11-14)21-25-18-3-1-2-4-19(18)27(21)22(26-17)29-12-20(28)13-5-8-15(24)9-6-13/h1-11H,12H2. The van der Waals surface area contributed by atoms with Gasteiger partial charge in [-0.3, -0.25) is 9.20 Å². The minimum absolute atomic E-state index is 0.0785. The molecule has 2 heterocycles. The summed E-state index contributed by atoms with van der Waals surface area (Å²) in [6, 6.07) is 19.3. The highest BCUT2D eigenvalue weighted by atomic mass is 79.9. The molecule has 7 heteroatoms. The quantitative estimate of drug-likeness (QED) is 0.188. The summed E-state index contributed by atoms with van der Waals surface area (Å²) in [6.07, 6.45) is 0. The molecule has 3 aromatic carbocycles. The Hall–Kier alpha value is -2.77. The van der Waals surface area contributed by atoms with Crippen LogP contribution in [0.2, 0.25) is 0 Å². The van der Waals surface area contributed by atoms with E-state index in [0.717, 1.165) is 32.1 Å². The number of hydrogen-bond donors (Lipinski definition) is 0. The number of ketones is 1. The lowest BCUT2D eigenvalue weighted by Gasteiger charge is -2.08. The van der Waals surface area contributed by atoms with Crippen LogP contribution in [0.1, 0.15) is 10.4 Å². The topological polar surface area (TPSA) is 47.3 Å². The SMILES string of the molecule is O=C(CSc1nc2ccc(Br)cc2c2nc3ccccc3n12)c1ccc(F)cc1. The molecule has 0 aliphatic heterocycles. The summed E-state index contributed by atoms with van der Waals surface area (Å²) in [5.74, 6) is -0.240. The third-order valence-corrected chi connectivity index (χ3v) is 6.10. The molecule has 0 amide bonds. The van der Waals surface area contributed by atoms with Crippen LogP contribution < -0.4 is 0 Å². The Balaban J connectivity index is 1.62. The zero-order valence-electron chi connectivity index (χ0n) is 15.0. The van der Waals surface area contributed by atoms with Crippen LogP contribution in [0.3, 0.4) is 0 Å². The predicted molar refractivity (Wildman–Crippen MR) is 117 cm³/mol. The summed E-state index contributed by atoms with van der Waals surface area (Å²) in [5.41, 5.74) is 3.90. The van der Waals surface area contributed by atoms with Crippen molar-refractivity contribution in [3.63, 3.8) is 0 Å². The molecule has 5 rings (SSSR count). The van der Waals surface area contributed by atoms with E-state index in [0.29, 0.717) is 10.7 Å². The van der Waals surface area contributed by atoms with Crippen LogP contribution in [0.25, 0.3) is 27.6 Å². The maximum Gasteiger partial charge on any atom is 0.175 e. The summed E-state index contributed by atoms with van der Waals surface area (Å²) in [6.45, 7) is 0. The molecule has 0 unspecified atom stereocenters. The van der Waals surface area contributed by atoms with Crippen molar-refractivity contribution in [2.45, 2.75) is 5.16 Å². The van der Waals surface area contributed by atoms with Gasteiger partial charge in [0.25, 0.3) is 0 Å². The van der Waals surface area contributed by atoms with E-state index in [-0.39, 0.29) is 17.4 Å². The second-order valence-electron chi connectivity index (χ2n) is 6.53. The molecule has 0 aliphatic rings. The van der Waals surface area contributed by atoms with Gasteiger partial charge in [-0.25, -0.2) is 14.4 Å². The number of carbonyl (C=O) groups is 1. The minimum atomic E-state index is -0.358. The van der Waals surface area contributed by atoms with Crippen molar-refractivity contribution in [2.24, 2.45) is 0 Å². The van der Waals surface area contributed by atoms with E-state index in [1.54, 1.807) is 0 Å². The Kier molecular flexibility index (Phi) is 4.56. The molecule has 142 valence electrons. The molecule has 2 aromatic heterocycles. The molecule has 5 aromatic rings. The number of thioether (sulfide) groups is 1. The average molecular weight is 466 g/mol. The molecule has 0 radical (unpaired) electrons. The van der Waals surface area contributed by atoms with Gasteiger partial charge in [-0.15, -0.1) is 0 Å². The smallest absolute Gasteiger partial charge is 0.175 e. The van der Waals surface area contributed by atoms with Gasteiger partial charge in [-0.1, -0.05) is 39.8 Å². The molecule has 0 saturated carbocycles. The Morgan fingerprint density at radius 1 is 1.00 bits per heavy atom. The van der Waals surface area contributed by atoms with E-state index in [9.17, 15) is 9.18 Å². The first-order valence-corrected chi connectivity index (χ1v) is 10.7. The Bertz CT molecular complexity index is 1400. The summed E-state index contributed by atoms with van der Waals surface area (Å²) in [7, 11) is 0. The number of aromatic nitrogens is 3. The number of para-hydroxylation sites is 2. The fraction of sp³-hybridized carbons (Fsp3) is 0.0455. The monoisotopic (exact) mass is 465 g/mol. The van der Waals surface area contributed by atoms with Crippen molar-refractivity contribution >= 4 is 61.1 Å². The van der Waals surface area contributed by atoms with Crippen LogP contribution in [0, 0.1) is 5.82 Å². The molecule has 0 atom stereocenters. The molecule has 0 saturated heterocycles. The fourth-order valence-corrected chi connectivity index (χ4v) is 4.55. The highest BCUT2D eigenvalue weighted by molar-refractivity contribution is 9.10. The van der Waals surface area contributed by atoms with Gasteiger partial charge in [0.05, 0.1) is 22.3 Å². The number of carbonyl (C=O) groups excluding carboxylic acids is 1. The minimum Gasteiger partial charge on any atom is -0.293 e. The lowest BCUT2D eigenvalue weighted by molar-refractivity contribution is 0.102.